The van der Waals surface area contributed by atoms with Gasteiger partial charge in [0.1, 0.15) is 11.5 Å². The molecule has 0 amide bonds. The maximum atomic E-state index is 12.7. The maximum absolute atomic E-state index is 12.7. The summed E-state index contributed by atoms with van der Waals surface area (Å²) in [7, 11) is 0. The number of Topliss-reactive ketones (excluding diaryl/α,β-unsaturated/α-hetero) is 1. The summed E-state index contributed by atoms with van der Waals surface area (Å²) in [6.45, 7) is 0. The zero-order valence-corrected chi connectivity index (χ0v) is 16.4. The molecule has 5 rings (SSSR count). The summed E-state index contributed by atoms with van der Waals surface area (Å²) >= 11 is 0. The number of carbonyl (C=O) groups is 2. The van der Waals surface area contributed by atoms with Gasteiger partial charge in [-0.2, -0.15) is 0 Å². The molecule has 1 aromatic heterocycles. The molecule has 0 saturated carbocycles. The molecule has 5 nitrogen and oxygen atoms in total. The summed E-state index contributed by atoms with van der Waals surface area (Å²) in [6.07, 6.45) is 6.59. The first-order valence-corrected chi connectivity index (χ1v) is 9.77. The Kier molecular flexibility index (Phi) is 4.69. The molecule has 0 unspecified atom stereocenters. The SMILES string of the molecule is O=C(/C=C/c1ccccc1)Oc1ccc2c(c1)O/C(=C/c1c[nH]c3ccccc13)C2=O. The lowest BCUT2D eigenvalue weighted by molar-refractivity contribution is -0.128. The molecule has 3 aromatic carbocycles. The van der Waals surface area contributed by atoms with Gasteiger partial charge in [0.15, 0.2) is 5.76 Å². The van der Waals surface area contributed by atoms with Gasteiger partial charge in [-0.1, -0.05) is 48.5 Å². The van der Waals surface area contributed by atoms with Gasteiger partial charge < -0.3 is 14.5 Å². The van der Waals surface area contributed by atoms with Crippen LogP contribution < -0.4 is 9.47 Å². The van der Waals surface area contributed by atoms with E-state index in [-0.39, 0.29) is 11.5 Å². The molecule has 2 heterocycles. The molecule has 0 aliphatic carbocycles. The quantitative estimate of drug-likeness (QED) is 0.279. The largest absolute Gasteiger partial charge is 0.452 e. The van der Waals surface area contributed by atoms with Crippen molar-refractivity contribution in [3.8, 4) is 11.5 Å². The molecule has 150 valence electrons. The van der Waals surface area contributed by atoms with Crippen LogP contribution in [0.15, 0.2) is 90.8 Å². The normalized spacial score (nSPS) is 14.2. The second kappa shape index (κ2) is 7.80. The third-order valence-corrected chi connectivity index (χ3v) is 4.98. The number of rotatable bonds is 4. The van der Waals surface area contributed by atoms with Crippen LogP contribution in [-0.2, 0) is 4.79 Å². The Morgan fingerprint density at radius 2 is 1.77 bits per heavy atom. The number of hydrogen-bond acceptors (Lipinski definition) is 4. The molecule has 1 aliphatic rings. The number of aromatic nitrogens is 1. The van der Waals surface area contributed by atoms with E-state index in [0.717, 1.165) is 22.0 Å². The molecular weight excluding hydrogens is 390 g/mol. The summed E-state index contributed by atoms with van der Waals surface area (Å²) in [6, 6.07) is 22.0. The summed E-state index contributed by atoms with van der Waals surface area (Å²) < 4.78 is 11.1. The number of benzene rings is 3. The second-order valence-electron chi connectivity index (χ2n) is 7.05. The Hall–Kier alpha value is -4.38. The predicted octanol–water partition coefficient (Wildman–Crippen LogP) is 5.40. The van der Waals surface area contributed by atoms with Crippen LogP contribution in [0.25, 0.3) is 23.1 Å². The highest BCUT2D eigenvalue weighted by Crippen LogP contribution is 2.35. The van der Waals surface area contributed by atoms with Crippen LogP contribution in [0, 0.1) is 0 Å². The van der Waals surface area contributed by atoms with Gasteiger partial charge >= 0.3 is 5.97 Å². The number of carbonyl (C=O) groups excluding carboxylic acids is 2. The average Bonchev–Trinajstić information content (AvgIpc) is 3.34. The van der Waals surface area contributed by atoms with Gasteiger partial charge in [0.2, 0.25) is 5.78 Å². The van der Waals surface area contributed by atoms with E-state index < -0.39 is 5.97 Å². The van der Waals surface area contributed by atoms with Crippen molar-refractivity contribution in [1.29, 1.82) is 0 Å². The van der Waals surface area contributed by atoms with Crippen molar-refractivity contribution in [2.45, 2.75) is 0 Å². The molecule has 0 atom stereocenters. The highest BCUT2D eigenvalue weighted by Gasteiger charge is 2.28. The van der Waals surface area contributed by atoms with E-state index >= 15 is 0 Å². The minimum atomic E-state index is -0.511. The fourth-order valence-electron chi connectivity index (χ4n) is 3.46. The number of hydrogen-bond donors (Lipinski definition) is 1. The number of ether oxygens (including phenoxy) is 2. The average molecular weight is 407 g/mol. The van der Waals surface area contributed by atoms with Crippen molar-refractivity contribution in [2.24, 2.45) is 0 Å². The van der Waals surface area contributed by atoms with Gasteiger partial charge in [0.05, 0.1) is 5.56 Å². The molecule has 31 heavy (non-hydrogen) atoms. The molecule has 0 saturated heterocycles. The third kappa shape index (κ3) is 3.76. The van der Waals surface area contributed by atoms with Gasteiger partial charge in [-0.15, -0.1) is 0 Å². The number of allylic oxidation sites excluding steroid dienone is 1. The zero-order chi connectivity index (χ0) is 21.2. The Morgan fingerprint density at radius 3 is 2.65 bits per heavy atom. The summed E-state index contributed by atoms with van der Waals surface area (Å²) in [4.78, 5) is 28.0. The number of ketones is 1. The van der Waals surface area contributed by atoms with Gasteiger partial charge in [-0.05, 0) is 35.9 Å². The summed E-state index contributed by atoms with van der Waals surface area (Å²) in [5, 5.41) is 1.00. The number of nitrogens with one attached hydrogen (secondary N) is 1. The molecule has 1 N–H and O–H groups in total. The van der Waals surface area contributed by atoms with Crippen LogP contribution in [0.3, 0.4) is 0 Å². The second-order valence-corrected chi connectivity index (χ2v) is 7.05. The molecule has 0 bridgehead atoms. The zero-order valence-electron chi connectivity index (χ0n) is 16.4. The van der Waals surface area contributed by atoms with Crippen LogP contribution in [0.1, 0.15) is 21.5 Å². The number of para-hydroxylation sites is 1. The van der Waals surface area contributed by atoms with Crippen molar-refractivity contribution in [2.75, 3.05) is 0 Å². The molecule has 0 radical (unpaired) electrons. The lowest BCUT2D eigenvalue weighted by Crippen LogP contribution is -2.03. The van der Waals surface area contributed by atoms with E-state index in [0.29, 0.717) is 17.1 Å². The van der Waals surface area contributed by atoms with Crippen LogP contribution in [0.5, 0.6) is 11.5 Å². The molecule has 0 spiro atoms. The van der Waals surface area contributed by atoms with Crippen molar-refractivity contribution in [3.63, 3.8) is 0 Å². The highest BCUT2D eigenvalue weighted by atomic mass is 16.5. The van der Waals surface area contributed by atoms with E-state index in [1.807, 2.05) is 60.8 Å². The van der Waals surface area contributed by atoms with Gasteiger partial charge in [0, 0.05) is 34.8 Å². The van der Waals surface area contributed by atoms with Crippen LogP contribution in [0.4, 0.5) is 0 Å². The standard InChI is InChI=1S/C26H17NO4/c28-25(13-10-17-6-2-1-3-7-17)30-19-11-12-21-23(15-19)31-24(26(21)29)14-18-16-27-22-9-5-4-8-20(18)22/h1-16,27H/b13-10+,24-14+. The Bertz CT molecular complexity index is 1360. The maximum Gasteiger partial charge on any atom is 0.336 e. The monoisotopic (exact) mass is 407 g/mol. The van der Waals surface area contributed by atoms with E-state index in [9.17, 15) is 9.59 Å². The van der Waals surface area contributed by atoms with E-state index in [1.165, 1.54) is 6.08 Å². The molecule has 0 fully saturated rings. The Morgan fingerprint density at radius 1 is 0.968 bits per heavy atom. The fraction of sp³-hybridized carbons (Fsp3) is 0. The van der Waals surface area contributed by atoms with E-state index in [2.05, 4.69) is 4.98 Å². The lowest BCUT2D eigenvalue weighted by Gasteiger charge is -2.03. The van der Waals surface area contributed by atoms with Gasteiger partial charge in [-0.3, -0.25) is 4.79 Å². The third-order valence-electron chi connectivity index (χ3n) is 4.98. The summed E-state index contributed by atoms with van der Waals surface area (Å²) in [5.74, 6) is 0.188. The first-order chi connectivity index (χ1) is 15.2. The van der Waals surface area contributed by atoms with Crippen molar-refractivity contribution in [1.82, 2.24) is 4.98 Å². The Balaban J connectivity index is 1.34. The first-order valence-electron chi connectivity index (χ1n) is 9.77. The predicted molar refractivity (Wildman–Crippen MR) is 119 cm³/mol. The van der Waals surface area contributed by atoms with Crippen molar-refractivity contribution >= 4 is 34.8 Å². The van der Waals surface area contributed by atoms with E-state index in [1.54, 1.807) is 30.4 Å². The topological polar surface area (TPSA) is 68.4 Å². The van der Waals surface area contributed by atoms with Crippen molar-refractivity contribution < 1.29 is 19.1 Å². The van der Waals surface area contributed by atoms with Gasteiger partial charge in [-0.25, -0.2) is 4.79 Å². The number of esters is 1. The molecule has 4 aromatic rings. The van der Waals surface area contributed by atoms with Gasteiger partial charge in [0.25, 0.3) is 0 Å². The van der Waals surface area contributed by atoms with Crippen LogP contribution in [-0.4, -0.2) is 16.7 Å². The summed E-state index contributed by atoms with van der Waals surface area (Å²) in [5.41, 5.74) is 3.18. The molecule has 1 aliphatic heterocycles. The lowest BCUT2D eigenvalue weighted by atomic mass is 10.1. The Labute approximate surface area is 178 Å². The minimum absolute atomic E-state index is 0.206. The van der Waals surface area contributed by atoms with Crippen LogP contribution in [0.2, 0.25) is 0 Å². The highest BCUT2D eigenvalue weighted by molar-refractivity contribution is 6.15. The van der Waals surface area contributed by atoms with E-state index in [4.69, 9.17) is 9.47 Å². The molecular formula is C26H17NO4. The first kappa shape index (κ1) is 18.6. The minimum Gasteiger partial charge on any atom is -0.452 e. The number of fused-ring (bicyclic) bond motifs is 2. The van der Waals surface area contributed by atoms with Crippen molar-refractivity contribution in [3.05, 3.63) is 108 Å². The fourth-order valence-corrected chi connectivity index (χ4v) is 3.46. The van der Waals surface area contributed by atoms with Crippen LogP contribution >= 0.6 is 0 Å². The number of H-pyrrole nitrogens is 1. The number of aromatic amines is 1. The smallest absolute Gasteiger partial charge is 0.336 e. The molecule has 5 heteroatoms.